The number of hydrogen-bond donors (Lipinski definition) is 1. The van der Waals surface area contributed by atoms with Crippen molar-refractivity contribution in [2.45, 2.75) is 4.90 Å². The molecule has 0 aliphatic carbocycles. The first kappa shape index (κ1) is 11.2. The van der Waals surface area contributed by atoms with Crippen molar-refractivity contribution in [2.75, 3.05) is 0 Å². The second-order valence-corrected chi connectivity index (χ2v) is 2.44. The smallest absolute Gasteiger partial charge is 0.100 e. The Labute approximate surface area is 89.0 Å². The quantitative estimate of drug-likeness (QED) is 0.540. The van der Waals surface area contributed by atoms with Gasteiger partial charge in [-0.1, -0.05) is 0 Å². The van der Waals surface area contributed by atoms with Crippen LogP contribution in [0.2, 0.25) is 0 Å². The first-order chi connectivity index (χ1) is 5.27. The molecule has 0 radical (unpaired) electrons. The van der Waals surface area contributed by atoms with Gasteiger partial charge in [0.2, 0.25) is 0 Å². The van der Waals surface area contributed by atoms with Gasteiger partial charge in [-0.3, -0.25) is 0 Å². The summed E-state index contributed by atoms with van der Waals surface area (Å²) in [6, 6.07) is 8.67. The molecule has 0 spiro atoms. The van der Waals surface area contributed by atoms with Crippen molar-refractivity contribution < 1.29 is 19.5 Å². The van der Waals surface area contributed by atoms with Crippen molar-refractivity contribution in [3.05, 3.63) is 29.3 Å². The molecule has 0 saturated carbocycles. The number of rotatable bonds is 0. The zero-order valence-corrected chi connectivity index (χ0v) is 10.1. The first-order valence-electron chi connectivity index (χ1n) is 2.91. The van der Waals surface area contributed by atoms with Crippen molar-refractivity contribution in [3.63, 3.8) is 0 Å². The van der Waals surface area contributed by atoms with Crippen LogP contribution in [0, 0.1) is 22.7 Å². The fraction of sp³-hybridized carbons (Fsp3) is 0. The third kappa shape index (κ3) is 2.34. The molecule has 0 heterocycles. The summed E-state index contributed by atoms with van der Waals surface area (Å²) < 4.78 is 0. The second kappa shape index (κ2) is 4.93. The minimum atomic E-state index is 0. The van der Waals surface area contributed by atoms with Gasteiger partial charge in [-0.15, -0.1) is 12.6 Å². The Hall–Kier alpha value is -0.827. The number of nitrogens with zero attached hydrogens (tertiary/aromatic N) is 2. The minimum Gasteiger partial charge on any atom is -0.192 e. The second-order valence-electron chi connectivity index (χ2n) is 1.96. The Kier molecular flexibility index (Phi) is 4.59. The Bertz CT molecular complexity index is 362. The Balaban J connectivity index is 0.00000121. The van der Waals surface area contributed by atoms with Crippen molar-refractivity contribution in [2.24, 2.45) is 0 Å². The largest absolute Gasteiger partial charge is 0.192 e. The van der Waals surface area contributed by atoms with Gasteiger partial charge in [0, 0.05) is 24.4 Å². The molecule has 0 N–H and O–H groups in total. The molecule has 1 aromatic carbocycles. The minimum absolute atomic E-state index is 0. The van der Waals surface area contributed by atoms with Crippen LogP contribution in [0.3, 0.4) is 0 Å². The zero-order valence-electron chi connectivity index (χ0n) is 6.28. The zero-order chi connectivity index (χ0) is 8.27. The van der Waals surface area contributed by atoms with E-state index in [1.54, 1.807) is 12.1 Å². The van der Waals surface area contributed by atoms with E-state index >= 15 is 0 Å². The standard InChI is InChI=1S/C8H4N2S.Zn/c9-4-6-1-2-8(11)7(3-6)5-10;/h1-3,11H;. The van der Waals surface area contributed by atoms with Crippen LogP contribution in [-0.4, -0.2) is 0 Å². The summed E-state index contributed by atoms with van der Waals surface area (Å²) in [4.78, 5) is 0.603. The fourth-order valence-corrected chi connectivity index (χ4v) is 0.884. The molecular weight excluding hydrogens is 222 g/mol. The van der Waals surface area contributed by atoms with E-state index < -0.39 is 0 Å². The third-order valence-electron chi connectivity index (χ3n) is 1.25. The number of benzene rings is 1. The normalized spacial score (nSPS) is 7.58. The third-order valence-corrected chi connectivity index (χ3v) is 1.64. The molecular formula is C8H4N2SZn. The molecule has 0 saturated heterocycles. The fourth-order valence-electron chi connectivity index (χ4n) is 0.695. The van der Waals surface area contributed by atoms with Crippen LogP contribution in [0.25, 0.3) is 0 Å². The van der Waals surface area contributed by atoms with Crippen LogP contribution in [-0.2, 0) is 19.5 Å². The van der Waals surface area contributed by atoms with Crippen LogP contribution in [0.5, 0.6) is 0 Å². The molecule has 0 aromatic heterocycles. The van der Waals surface area contributed by atoms with E-state index in [1.165, 1.54) is 6.07 Å². The van der Waals surface area contributed by atoms with Gasteiger partial charge in [-0.2, -0.15) is 10.5 Å². The van der Waals surface area contributed by atoms with E-state index in [9.17, 15) is 0 Å². The summed E-state index contributed by atoms with van der Waals surface area (Å²) in [5.41, 5.74) is 0.923. The molecule has 4 heteroatoms. The predicted molar refractivity (Wildman–Crippen MR) is 43.1 cm³/mol. The van der Waals surface area contributed by atoms with Gasteiger partial charge in [0.1, 0.15) is 6.07 Å². The number of nitriles is 2. The molecule has 0 amide bonds. The summed E-state index contributed by atoms with van der Waals surface area (Å²) in [6.07, 6.45) is 0. The molecule has 0 unspecified atom stereocenters. The summed E-state index contributed by atoms with van der Waals surface area (Å²) in [5, 5.41) is 17.0. The molecule has 0 aliphatic heterocycles. The van der Waals surface area contributed by atoms with Gasteiger partial charge in [-0.05, 0) is 18.2 Å². The van der Waals surface area contributed by atoms with Gasteiger partial charge in [0.15, 0.2) is 0 Å². The average molecular weight is 226 g/mol. The van der Waals surface area contributed by atoms with E-state index in [2.05, 4.69) is 12.6 Å². The van der Waals surface area contributed by atoms with Crippen molar-refractivity contribution in [3.8, 4) is 12.1 Å². The van der Waals surface area contributed by atoms with E-state index in [4.69, 9.17) is 10.5 Å². The molecule has 2 nitrogen and oxygen atoms in total. The van der Waals surface area contributed by atoms with Gasteiger partial charge in [0.05, 0.1) is 17.2 Å². The molecule has 0 aliphatic rings. The molecule has 0 atom stereocenters. The molecule has 0 fully saturated rings. The maximum Gasteiger partial charge on any atom is 0.100 e. The number of hydrogen-bond acceptors (Lipinski definition) is 3. The van der Waals surface area contributed by atoms with Crippen LogP contribution in [0.15, 0.2) is 23.1 Å². The van der Waals surface area contributed by atoms with Gasteiger partial charge < -0.3 is 0 Å². The Morgan fingerprint density at radius 2 is 1.83 bits per heavy atom. The Morgan fingerprint density at radius 1 is 1.17 bits per heavy atom. The average Bonchev–Trinajstić information content (AvgIpc) is 2.05. The molecule has 0 bridgehead atoms. The predicted octanol–water partition coefficient (Wildman–Crippen LogP) is 1.72. The topological polar surface area (TPSA) is 47.6 Å². The van der Waals surface area contributed by atoms with E-state index in [0.717, 1.165) is 0 Å². The summed E-state index contributed by atoms with van der Waals surface area (Å²) in [7, 11) is 0. The van der Waals surface area contributed by atoms with E-state index in [0.29, 0.717) is 16.0 Å². The maximum absolute atomic E-state index is 8.53. The maximum atomic E-state index is 8.53. The summed E-state index contributed by atoms with van der Waals surface area (Å²) in [5.74, 6) is 0. The van der Waals surface area contributed by atoms with Crippen LogP contribution < -0.4 is 0 Å². The molecule has 1 rings (SSSR count). The van der Waals surface area contributed by atoms with Crippen molar-refractivity contribution >= 4 is 12.6 Å². The summed E-state index contributed by atoms with van der Waals surface area (Å²) in [6.45, 7) is 0. The SMILES string of the molecule is N#Cc1ccc(S)c(C#N)c1.[Zn]. The first-order valence-corrected chi connectivity index (χ1v) is 3.36. The summed E-state index contributed by atoms with van der Waals surface area (Å²) >= 11 is 4.03. The van der Waals surface area contributed by atoms with E-state index in [-0.39, 0.29) is 19.5 Å². The molecule has 54 valence electrons. The van der Waals surface area contributed by atoms with Crippen LogP contribution >= 0.6 is 12.6 Å². The van der Waals surface area contributed by atoms with Crippen LogP contribution in [0.4, 0.5) is 0 Å². The van der Waals surface area contributed by atoms with E-state index in [1.807, 2.05) is 12.1 Å². The monoisotopic (exact) mass is 224 g/mol. The Morgan fingerprint density at radius 3 is 2.33 bits per heavy atom. The molecule has 1 aromatic rings. The van der Waals surface area contributed by atoms with Crippen LogP contribution in [0.1, 0.15) is 11.1 Å². The van der Waals surface area contributed by atoms with Gasteiger partial charge in [-0.25, -0.2) is 0 Å². The number of thiol groups is 1. The van der Waals surface area contributed by atoms with Gasteiger partial charge in [0.25, 0.3) is 0 Å². The van der Waals surface area contributed by atoms with Crippen molar-refractivity contribution in [1.82, 2.24) is 0 Å². The van der Waals surface area contributed by atoms with Crippen molar-refractivity contribution in [1.29, 1.82) is 10.5 Å². The van der Waals surface area contributed by atoms with Gasteiger partial charge >= 0.3 is 0 Å². The molecule has 12 heavy (non-hydrogen) atoms.